The van der Waals surface area contributed by atoms with E-state index in [0.29, 0.717) is 23.3 Å². The molecule has 0 spiro atoms. The number of hydrogen-bond acceptors (Lipinski definition) is 3. The van der Waals surface area contributed by atoms with E-state index in [4.69, 9.17) is 0 Å². The van der Waals surface area contributed by atoms with Crippen LogP contribution < -0.4 is 10.2 Å². The van der Waals surface area contributed by atoms with Crippen molar-refractivity contribution in [2.45, 2.75) is 76.7 Å². The number of hydrogen-bond donors (Lipinski definition) is 1. The van der Waals surface area contributed by atoms with Crippen molar-refractivity contribution >= 4 is 23.7 Å². The van der Waals surface area contributed by atoms with Crippen LogP contribution in [0.5, 0.6) is 0 Å². The lowest BCUT2D eigenvalue weighted by molar-refractivity contribution is -0.122. The largest absolute Gasteiger partial charge is 0.369 e. The number of nitrogens with one attached hydrogen (secondary N) is 1. The van der Waals surface area contributed by atoms with Crippen molar-refractivity contribution in [1.29, 1.82) is 0 Å². The minimum absolute atomic E-state index is 0.00846. The summed E-state index contributed by atoms with van der Waals surface area (Å²) in [7, 11) is 0. The van der Waals surface area contributed by atoms with Crippen LogP contribution in [0.2, 0.25) is 0 Å². The third-order valence-electron chi connectivity index (χ3n) is 7.53. The number of amides is 2. The molecule has 0 bridgehead atoms. The fourth-order valence-corrected chi connectivity index (χ4v) is 5.34. The van der Waals surface area contributed by atoms with Crippen molar-refractivity contribution in [2.24, 2.45) is 11.8 Å². The first-order chi connectivity index (χ1) is 15.1. The SMILES string of the molecule is O=CN(CCC1CCCN(c2ccc(NC(=O)C3CCC3)cc2F)C1)C1CCCCC1. The lowest BCUT2D eigenvalue weighted by Gasteiger charge is -2.37. The first kappa shape index (κ1) is 22.1. The summed E-state index contributed by atoms with van der Waals surface area (Å²) in [6, 6.07) is 5.47. The fraction of sp³-hybridized carbons (Fsp3) is 0.680. The molecule has 1 aliphatic heterocycles. The number of piperidine rings is 1. The standard InChI is InChI=1S/C25H36FN3O2/c26-23-16-21(27-25(31)20-7-4-8-20)11-12-24(23)28-14-5-6-19(17-28)13-15-29(18-30)22-9-2-1-3-10-22/h11-12,16,18-20,22H,1-10,13-15,17H2,(H,27,31). The minimum Gasteiger partial charge on any atom is -0.369 e. The molecule has 3 fully saturated rings. The van der Waals surface area contributed by atoms with E-state index in [2.05, 4.69) is 10.2 Å². The number of rotatable bonds is 8. The molecule has 2 aliphatic carbocycles. The van der Waals surface area contributed by atoms with Crippen LogP contribution in [-0.2, 0) is 9.59 Å². The van der Waals surface area contributed by atoms with Crippen LogP contribution in [0, 0.1) is 17.7 Å². The Labute approximate surface area is 185 Å². The molecule has 6 heteroatoms. The number of anilines is 2. The molecule has 4 rings (SSSR count). The van der Waals surface area contributed by atoms with Crippen molar-refractivity contribution in [3.05, 3.63) is 24.0 Å². The van der Waals surface area contributed by atoms with Gasteiger partial charge in [-0.15, -0.1) is 0 Å². The first-order valence-electron chi connectivity index (χ1n) is 12.2. The van der Waals surface area contributed by atoms with E-state index >= 15 is 0 Å². The Morgan fingerprint density at radius 2 is 1.90 bits per heavy atom. The summed E-state index contributed by atoms with van der Waals surface area (Å²) in [5, 5.41) is 2.86. The van der Waals surface area contributed by atoms with Crippen LogP contribution in [-0.4, -0.2) is 42.9 Å². The predicted molar refractivity (Wildman–Crippen MR) is 122 cm³/mol. The second-order valence-corrected chi connectivity index (χ2v) is 9.66. The van der Waals surface area contributed by atoms with Crippen LogP contribution in [0.25, 0.3) is 0 Å². The smallest absolute Gasteiger partial charge is 0.227 e. The maximum Gasteiger partial charge on any atom is 0.227 e. The first-order valence-corrected chi connectivity index (χ1v) is 12.2. The molecule has 3 aliphatic rings. The molecular formula is C25H36FN3O2. The van der Waals surface area contributed by atoms with Crippen molar-refractivity contribution in [1.82, 2.24) is 4.90 Å². The van der Waals surface area contributed by atoms with Gasteiger partial charge in [0.05, 0.1) is 5.69 Å². The molecule has 2 amide bonds. The molecule has 1 aromatic rings. The number of carbonyl (C=O) groups excluding carboxylic acids is 2. The summed E-state index contributed by atoms with van der Waals surface area (Å²) < 4.78 is 14.9. The summed E-state index contributed by atoms with van der Waals surface area (Å²) in [4.78, 5) is 27.9. The van der Waals surface area contributed by atoms with Gasteiger partial charge >= 0.3 is 0 Å². The zero-order chi connectivity index (χ0) is 21.6. The van der Waals surface area contributed by atoms with Gasteiger partial charge in [0.1, 0.15) is 5.82 Å². The molecule has 1 unspecified atom stereocenters. The van der Waals surface area contributed by atoms with Gasteiger partial charge < -0.3 is 15.1 Å². The Bertz CT molecular complexity index is 761. The molecule has 170 valence electrons. The van der Waals surface area contributed by atoms with Gasteiger partial charge in [-0.2, -0.15) is 0 Å². The molecule has 1 saturated heterocycles. The predicted octanol–water partition coefficient (Wildman–Crippen LogP) is 4.96. The maximum atomic E-state index is 14.9. The van der Waals surface area contributed by atoms with Crippen molar-refractivity contribution in [2.75, 3.05) is 29.9 Å². The summed E-state index contributed by atoms with van der Waals surface area (Å²) in [5.74, 6) is 0.292. The highest BCUT2D eigenvalue weighted by Crippen LogP contribution is 2.31. The van der Waals surface area contributed by atoms with E-state index in [1.165, 1.54) is 25.3 Å². The molecule has 31 heavy (non-hydrogen) atoms. The van der Waals surface area contributed by atoms with E-state index < -0.39 is 0 Å². The number of nitrogens with zero attached hydrogens (tertiary/aromatic N) is 2. The van der Waals surface area contributed by atoms with Gasteiger partial charge in [-0.05, 0) is 69.1 Å². The van der Waals surface area contributed by atoms with Crippen molar-refractivity contribution in [3.8, 4) is 0 Å². The van der Waals surface area contributed by atoms with Gasteiger partial charge in [-0.25, -0.2) is 4.39 Å². The van der Waals surface area contributed by atoms with Crippen LogP contribution in [0.15, 0.2) is 18.2 Å². The van der Waals surface area contributed by atoms with E-state index in [1.807, 2.05) is 11.0 Å². The zero-order valence-electron chi connectivity index (χ0n) is 18.5. The minimum atomic E-state index is -0.274. The van der Waals surface area contributed by atoms with Crippen LogP contribution >= 0.6 is 0 Å². The highest BCUT2D eigenvalue weighted by molar-refractivity contribution is 5.93. The topological polar surface area (TPSA) is 52.7 Å². The Balaban J connectivity index is 1.31. The molecule has 1 heterocycles. The van der Waals surface area contributed by atoms with Gasteiger partial charge in [-0.3, -0.25) is 9.59 Å². The van der Waals surface area contributed by atoms with Gasteiger partial charge in [0.25, 0.3) is 0 Å². The molecule has 0 aromatic heterocycles. The molecule has 1 N–H and O–H groups in total. The normalized spacial score (nSPS) is 22.6. The van der Waals surface area contributed by atoms with Crippen LogP contribution in [0.1, 0.15) is 70.6 Å². The van der Waals surface area contributed by atoms with Gasteiger partial charge in [0, 0.05) is 37.3 Å². The average molecular weight is 430 g/mol. The van der Waals surface area contributed by atoms with Gasteiger partial charge in [-0.1, -0.05) is 25.7 Å². The van der Waals surface area contributed by atoms with Crippen molar-refractivity contribution < 1.29 is 14.0 Å². The van der Waals surface area contributed by atoms with Gasteiger partial charge in [0.2, 0.25) is 12.3 Å². The van der Waals surface area contributed by atoms with E-state index in [-0.39, 0.29) is 17.6 Å². The Hall–Kier alpha value is -2.11. The molecule has 2 saturated carbocycles. The number of carbonyl (C=O) groups is 2. The Morgan fingerprint density at radius 1 is 1.10 bits per heavy atom. The molecule has 1 aromatic carbocycles. The Kier molecular flexibility index (Phi) is 7.46. The second kappa shape index (κ2) is 10.5. The third kappa shape index (κ3) is 5.58. The summed E-state index contributed by atoms with van der Waals surface area (Å²) in [6.07, 6.45) is 13.1. The highest BCUT2D eigenvalue weighted by Gasteiger charge is 2.27. The molecule has 1 atom stereocenters. The van der Waals surface area contributed by atoms with E-state index in [9.17, 15) is 14.0 Å². The van der Waals surface area contributed by atoms with Crippen LogP contribution in [0.3, 0.4) is 0 Å². The molecular weight excluding hydrogens is 393 g/mol. The van der Waals surface area contributed by atoms with Crippen LogP contribution in [0.4, 0.5) is 15.8 Å². The third-order valence-corrected chi connectivity index (χ3v) is 7.53. The monoisotopic (exact) mass is 429 g/mol. The highest BCUT2D eigenvalue weighted by atomic mass is 19.1. The zero-order valence-corrected chi connectivity index (χ0v) is 18.5. The van der Waals surface area contributed by atoms with E-state index in [0.717, 1.165) is 77.4 Å². The van der Waals surface area contributed by atoms with Gasteiger partial charge in [0.15, 0.2) is 0 Å². The maximum absolute atomic E-state index is 14.9. The lowest BCUT2D eigenvalue weighted by atomic mass is 9.85. The Morgan fingerprint density at radius 3 is 2.58 bits per heavy atom. The molecule has 0 radical (unpaired) electrons. The summed E-state index contributed by atoms with van der Waals surface area (Å²) in [6.45, 7) is 2.48. The number of halogens is 1. The lowest BCUT2D eigenvalue weighted by Crippen LogP contribution is -2.40. The fourth-order valence-electron chi connectivity index (χ4n) is 5.34. The second-order valence-electron chi connectivity index (χ2n) is 9.66. The van der Waals surface area contributed by atoms with E-state index in [1.54, 1.807) is 6.07 Å². The summed E-state index contributed by atoms with van der Waals surface area (Å²) >= 11 is 0. The number of benzene rings is 1. The quantitative estimate of drug-likeness (QED) is 0.594. The van der Waals surface area contributed by atoms with Crippen molar-refractivity contribution in [3.63, 3.8) is 0 Å². The average Bonchev–Trinajstić information content (AvgIpc) is 2.74. The summed E-state index contributed by atoms with van der Waals surface area (Å²) in [5.41, 5.74) is 1.16. The molecule has 5 nitrogen and oxygen atoms in total.